The van der Waals surface area contributed by atoms with E-state index in [9.17, 15) is 4.79 Å². The predicted octanol–water partition coefficient (Wildman–Crippen LogP) is 1.22. The van der Waals surface area contributed by atoms with Gasteiger partial charge in [0.1, 0.15) is 5.82 Å². The van der Waals surface area contributed by atoms with E-state index >= 15 is 0 Å². The van der Waals surface area contributed by atoms with E-state index in [-0.39, 0.29) is 11.5 Å². The van der Waals surface area contributed by atoms with Crippen LogP contribution >= 0.6 is 0 Å². The van der Waals surface area contributed by atoms with Gasteiger partial charge in [-0.05, 0) is 0 Å². The molecule has 1 aromatic carbocycles. The fourth-order valence-electron chi connectivity index (χ4n) is 1.21. The molecule has 0 radical (unpaired) electrons. The van der Waals surface area contributed by atoms with Gasteiger partial charge in [-0.3, -0.25) is 4.79 Å². The SMILES string of the molecule is Nc1[nH]cnc1C(=O)c1ccccc1. The minimum atomic E-state index is -0.163. The zero-order valence-electron chi connectivity index (χ0n) is 7.40. The summed E-state index contributed by atoms with van der Waals surface area (Å²) in [5, 5.41) is 0. The number of imidazole rings is 1. The Kier molecular flexibility index (Phi) is 2.02. The third kappa shape index (κ3) is 1.37. The summed E-state index contributed by atoms with van der Waals surface area (Å²) in [4.78, 5) is 18.3. The minimum absolute atomic E-state index is 0.163. The number of aromatic nitrogens is 2. The topological polar surface area (TPSA) is 71.8 Å². The van der Waals surface area contributed by atoms with Crippen molar-refractivity contribution < 1.29 is 4.79 Å². The summed E-state index contributed by atoms with van der Waals surface area (Å²) in [6.45, 7) is 0. The van der Waals surface area contributed by atoms with Crippen LogP contribution in [-0.4, -0.2) is 15.8 Å². The second kappa shape index (κ2) is 3.33. The van der Waals surface area contributed by atoms with Gasteiger partial charge in [-0.25, -0.2) is 4.98 Å². The van der Waals surface area contributed by atoms with Crippen molar-refractivity contribution in [3.8, 4) is 0 Å². The first-order chi connectivity index (χ1) is 6.79. The average Bonchev–Trinajstić information content (AvgIpc) is 2.65. The second-order valence-corrected chi connectivity index (χ2v) is 2.86. The molecular weight excluding hydrogens is 178 g/mol. The molecule has 2 aromatic rings. The number of nitrogens with one attached hydrogen (secondary N) is 1. The van der Waals surface area contributed by atoms with Crippen molar-refractivity contribution in [1.29, 1.82) is 0 Å². The Morgan fingerprint density at radius 1 is 1.29 bits per heavy atom. The number of nitrogens with two attached hydrogens (primary N) is 1. The highest BCUT2D eigenvalue weighted by atomic mass is 16.1. The number of H-pyrrole nitrogens is 1. The smallest absolute Gasteiger partial charge is 0.215 e. The van der Waals surface area contributed by atoms with Crippen LogP contribution in [0.25, 0.3) is 0 Å². The van der Waals surface area contributed by atoms with Crippen LogP contribution in [0.3, 0.4) is 0 Å². The van der Waals surface area contributed by atoms with Crippen LogP contribution in [0.2, 0.25) is 0 Å². The Hall–Kier alpha value is -2.10. The highest BCUT2D eigenvalue weighted by Gasteiger charge is 2.13. The predicted molar refractivity (Wildman–Crippen MR) is 52.9 cm³/mol. The summed E-state index contributed by atoms with van der Waals surface area (Å²) in [5.74, 6) is 0.142. The van der Waals surface area contributed by atoms with E-state index in [4.69, 9.17) is 5.73 Å². The lowest BCUT2D eigenvalue weighted by Crippen LogP contribution is -2.04. The molecule has 4 heteroatoms. The summed E-state index contributed by atoms with van der Waals surface area (Å²) < 4.78 is 0. The Morgan fingerprint density at radius 2 is 2.00 bits per heavy atom. The zero-order chi connectivity index (χ0) is 9.97. The lowest BCUT2D eigenvalue weighted by atomic mass is 10.1. The van der Waals surface area contributed by atoms with Crippen LogP contribution in [0.5, 0.6) is 0 Å². The lowest BCUT2D eigenvalue weighted by Gasteiger charge is -1.97. The molecule has 70 valence electrons. The fourth-order valence-corrected chi connectivity index (χ4v) is 1.21. The zero-order valence-corrected chi connectivity index (χ0v) is 7.40. The molecule has 0 unspecified atom stereocenters. The maximum Gasteiger partial charge on any atom is 0.215 e. The Morgan fingerprint density at radius 3 is 2.57 bits per heavy atom. The van der Waals surface area contributed by atoms with Gasteiger partial charge in [-0.15, -0.1) is 0 Å². The molecular formula is C10H9N3O. The molecule has 0 amide bonds. The van der Waals surface area contributed by atoms with Gasteiger partial charge in [0.2, 0.25) is 5.78 Å². The van der Waals surface area contributed by atoms with E-state index in [0.29, 0.717) is 11.4 Å². The van der Waals surface area contributed by atoms with E-state index in [1.165, 1.54) is 6.33 Å². The van der Waals surface area contributed by atoms with E-state index in [1.807, 2.05) is 6.07 Å². The number of ketones is 1. The summed E-state index contributed by atoms with van der Waals surface area (Å²) in [7, 11) is 0. The number of hydrogen-bond donors (Lipinski definition) is 2. The van der Waals surface area contributed by atoms with Gasteiger partial charge in [0.25, 0.3) is 0 Å². The standard InChI is InChI=1S/C10H9N3O/c11-10-8(12-6-13-10)9(14)7-4-2-1-3-5-7/h1-6H,11H2,(H,12,13). The summed E-state index contributed by atoms with van der Waals surface area (Å²) in [5.41, 5.74) is 6.40. The molecule has 0 aliphatic heterocycles. The molecule has 0 spiro atoms. The Labute approximate surface area is 80.8 Å². The number of anilines is 1. The fraction of sp³-hybridized carbons (Fsp3) is 0. The van der Waals surface area contributed by atoms with Crippen molar-refractivity contribution in [1.82, 2.24) is 9.97 Å². The van der Waals surface area contributed by atoms with E-state index in [2.05, 4.69) is 9.97 Å². The molecule has 0 fully saturated rings. The number of nitrogen functional groups attached to an aromatic ring is 1. The molecule has 0 atom stereocenters. The normalized spacial score (nSPS) is 10.0. The number of carbonyl (C=O) groups excluding carboxylic acids is 1. The average molecular weight is 187 g/mol. The molecule has 0 bridgehead atoms. The summed E-state index contributed by atoms with van der Waals surface area (Å²) in [6, 6.07) is 8.92. The first-order valence-electron chi connectivity index (χ1n) is 4.17. The van der Waals surface area contributed by atoms with Gasteiger partial charge < -0.3 is 10.7 Å². The first kappa shape index (κ1) is 8.50. The van der Waals surface area contributed by atoms with Crippen LogP contribution in [0, 0.1) is 0 Å². The van der Waals surface area contributed by atoms with Crippen molar-refractivity contribution >= 4 is 11.6 Å². The number of benzene rings is 1. The van der Waals surface area contributed by atoms with E-state index in [1.54, 1.807) is 24.3 Å². The largest absolute Gasteiger partial charge is 0.383 e. The molecule has 1 heterocycles. The molecule has 0 aliphatic rings. The molecule has 2 rings (SSSR count). The van der Waals surface area contributed by atoms with E-state index in [0.717, 1.165) is 0 Å². The van der Waals surface area contributed by atoms with Gasteiger partial charge in [-0.1, -0.05) is 30.3 Å². The van der Waals surface area contributed by atoms with Crippen LogP contribution in [0.15, 0.2) is 36.7 Å². The van der Waals surface area contributed by atoms with E-state index < -0.39 is 0 Å². The maximum absolute atomic E-state index is 11.8. The van der Waals surface area contributed by atoms with Crippen LogP contribution < -0.4 is 5.73 Å². The highest BCUT2D eigenvalue weighted by molar-refractivity contribution is 6.10. The molecule has 4 nitrogen and oxygen atoms in total. The number of nitrogens with zero attached hydrogens (tertiary/aromatic N) is 1. The first-order valence-corrected chi connectivity index (χ1v) is 4.17. The third-order valence-corrected chi connectivity index (χ3v) is 1.92. The minimum Gasteiger partial charge on any atom is -0.383 e. The lowest BCUT2D eigenvalue weighted by molar-refractivity contribution is 0.103. The second-order valence-electron chi connectivity index (χ2n) is 2.86. The number of hydrogen-bond acceptors (Lipinski definition) is 3. The number of aromatic amines is 1. The van der Waals surface area contributed by atoms with Crippen molar-refractivity contribution in [3.63, 3.8) is 0 Å². The molecule has 0 saturated carbocycles. The molecule has 3 N–H and O–H groups in total. The van der Waals surface area contributed by atoms with Crippen molar-refractivity contribution in [3.05, 3.63) is 47.9 Å². The summed E-state index contributed by atoms with van der Waals surface area (Å²) in [6.07, 6.45) is 1.41. The molecule has 0 aliphatic carbocycles. The number of carbonyl (C=O) groups is 1. The van der Waals surface area contributed by atoms with Gasteiger partial charge in [0.05, 0.1) is 6.33 Å². The van der Waals surface area contributed by atoms with Crippen molar-refractivity contribution in [2.75, 3.05) is 5.73 Å². The highest BCUT2D eigenvalue weighted by Crippen LogP contribution is 2.11. The van der Waals surface area contributed by atoms with Gasteiger partial charge in [-0.2, -0.15) is 0 Å². The summed E-state index contributed by atoms with van der Waals surface area (Å²) >= 11 is 0. The van der Waals surface area contributed by atoms with Gasteiger partial charge in [0, 0.05) is 5.56 Å². The maximum atomic E-state index is 11.8. The monoisotopic (exact) mass is 187 g/mol. The molecule has 0 saturated heterocycles. The van der Waals surface area contributed by atoms with Crippen molar-refractivity contribution in [2.24, 2.45) is 0 Å². The Bertz CT molecular complexity index is 447. The quantitative estimate of drug-likeness (QED) is 0.694. The molecule has 14 heavy (non-hydrogen) atoms. The Balaban J connectivity index is 2.39. The van der Waals surface area contributed by atoms with Crippen molar-refractivity contribution in [2.45, 2.75) is 0 Å². The van der Waals surface area contributed by atoms with Crippen LogP contribution in [0.4, 0.5) is 5.82 Å². The van der Waals surface area contributed by atoms with Crippen LogP contribution in [0.1, 0.15) is 16.1 Å². The molecule has 1 aromatic heterocycles. The number of rotatable bonds is 2. The van der Waals surface area contributed by atoms with Gasteiger partial charge in [0.15, 0.2) is 5.69 Å². The van der Waals surface area contributed by atoms with Crippen LogP contribution in [-0.2, 0) is 0 Å². The third-order valence-electron chi connectivity index (χ3n) is 1.92. The van der Waals surface area contributed by atoms with Gasteiger partial charge >= 0.3 is 0 Å².